The van der Waals surface area contributed by atoms with E-state index in [-0.39, 0.29) is 5.91 Å². The van der Waals surface area contributed by atoms with Crippen LogP contribution in [0.4, 0.5) is 11.4 Å². The number of carbonyl (C=O) groups excluding carboxylic acids is 1. The predicted octanol–water partition coefficient (Wildman–Crippen LogP) is 8.50. The molecule has 3 aromatic carbocycles. The standard InChI is InChI=1S/C40H50N4O4S/c1-4-7-23-47-24-25-48-37-15-10-31(11-16-37)32-12-19-39-34(26-32)27-33(9-8-22-43(39)20-5-2)40(45)42-35-13-17-38(18-14-35)49(46)29-36-28-41-30-44(36)21-6-3/h10-19,26-28,30H,4-9,20-25,29H2,1-3H3,(H,42,45)/b33-27+/t49-/m0/s1. The van der Waals surface area contributed by atoms with Crippen LogP contribution in [0.1, 0.15) is 70.6 Å². The number of hydrogen-bond acceptors (Lipinski definition) is 6. The van der Waals surface area contributed by atoms with Gasteiger partial charge in [0, 0.05) is 43.2 Å². The van der Waals surface area contributed by atoms with E-state index in [0.717, 1.165) is 103 Å². The lowest BCUT2D eigenvalue weighted by atomic mass is 9.96. The minimum absolute atomic E-state index is 0.113. The third-order valence-electron chi connectivity index (χ3n) is 8.60. The smallest absolute Gasteiger partial charge is 0.251 e. The fraction of sp³-hybridized carbons (Fsp3) is 0.400. The first-order chi connectivity index (χ1) is 24.0. The van der Waals surface area contributed by atoms with E-state index in [1.165, 1.54) is 0 Å². The number of aryl methyl sites for hydroxylation is 1. The zero-order chi connectivity index (χ0) is 34.4. The zero-order valence-corrected chi connectivity index (χ0v) is 30.0. The molecule has 1 aliphatic heterocycles. The van der Waals surface area contributed by atoms with Crippen molar-refractivity contribution in [2.45, 2.75) is 76.5 Å². The van der Waals surface area contributed by atoms with E-state index >= 15 is 0 Å². The summed E-state index contributed by atoms with van der Waals surface area (Å²) >= 11 is -1.21. The van der Waals surface area contributed by atoms with Gasteiger partial charge in [0.15, 0.2) is 10.6 Å². The van der Waals surface area contributed by atoms with Gasteiger partial charge in [-0.2, -0.15) is 0 Å². The monoisotopic (exact) mass is 682 g/mol. The molecule has 0 spiro atoms. The zero-order valence-electron chi connectivity index (χ0n) is 29.2. The number of imidazole rings is 1. The maximum absolute atomic E-state index is 13.6. The number of benzene rings is 3. The lowest BCUT2D eigenvalue weighted by Crippen LogP contribution is -2.28. The molecule has 0 fully saturated rings. The van der Waals surface area contributed by atoms with Crippen LogP contribution < -0.4 is 15.0 Å². The van der Waals surface area contributed by atoms with Gasteiger partial charge in [-0.3, -0.25) is 4.79 Å². The van der Waals surface area contributed by atoms with Crippen LogP contribution in [0.5, 0.6) is 5.75 Å². The second-order valence-corrected chi connectivity index (χ2v) is 13.9. The number of unbranched alkanes of at least 4 members (excludes halogenated alkanes) is 1. The highest BCUT2D eigenvalue weighted by molar-refractivity contribution is 7.90. The molecule has 0 bridgehead atoms. The number of ether oxygens (including phenoxy) is 2. The van der Waals surface area contributed by atoms with Gasteiger partial charge in [0.05, 0.1) is 24.8 Å². The van der Waals surface area contributed by atoms with E-state index in [1.807, 2.05) is 36.4 Å². The number of aromatic nitrogens is 2. The molecule has 5 rings (SSSR count). The van der Waals surface area contributed by atoms with Gasteiger partial charge in [0.25, 0.3) is 5.91 Å². The Labute approximate surface area is 294 Å². The normalized spacial score (nSPS) is 14.7. The van der Waals surface area contributed by atoms with Crippen molar-refractivity contribution in [2.24, 2.45) is 0 Å². The SMILES string of the molecule is CCCCOCCOc1ccc(-c2ccc3c(c2)/C=C(/C(=O)Nc2ccc([S@@+]([O-])Cc4cncn4CCC)cc2)CCCN3CCC)cc1. The molecule has 260 valence electrons. The highest BCUT2D eigenvalue weighted by Gasteiger charge is 2.20. The average molecular weight is 683 g/mol. The second kappa shape index (κ2) is 18.6. The fourth-order valence-electron chi connectivity index (χ4n) is 6.00. The number of anilines is 2. The van der Waals surface area contributed by atoms with Crippen molar-refractivity contribution in [3.8, 4) is 16.9 Å². The van der Waals surface area contributed by atoms with Crippen LogP contribution in [0, 0.1) is 0 Å². The highest BCUT2D eigenvalue weighted by Crippen LogP contribution is 2.33. The van der Waals surface area contributed by atoms with Gasteiger partial charge >= 0.3 is 0 Å². The molecule has 0 aliphatic carbocycles. The van der Waals surface area contributed by atoms with Crippen LogP contribution in [-0.2, 0) is 33.0 Å². The van der Waals surface area contributed by atoms with Crippen LogP contribution in [0.2, 0.25) is 0 Å². The van der Waals surface area contributed by atoms with Gasteiger partial charge in [0.1, 0.15) is 12.4 Å². The average Bonchev–Trinajstić information content (AvgIpc) is 3.54. The number of carbonyl (C=O) groups is 1. The van der Waals surface area contributed by atoms with Crippen molar-refractivity contribution in [1.29, 1.82) is 0 Å². The van der Waals surface area contributed by atoms with Gasteiger partial charge in [-0.05, 0) is 115 Å². The Balaban J connectivity index is 1.28. The number of nitrogens with one attached hydrogen (secondary N) is 1. The summed E-state index contributed by atoms with van der Waals surface area (Å²) in [7, 11) is 0. The summed E-state index contributed by atoms with van der Waals surface area (Å²) in [4.78, 5) is 21.0. The van der Waals surface area contributed by atoms with Crippen molar-refractivity contribution in [1.82, 2.24) is 9.55 Å². The number of hydrogen-bond donors (Lipinski definition) is 1. The van der Waals surface area contributed by atoms with Crippen LogP contribution >= 0.6 is 0 Å². The highest BCUT2D eigenvalue weighted by atomic mass is 32.2. The largest absolute Gasteiger partial charge is 0.611 e. The topological polar surface area (TPSA) is 91.7 Å². The summed E-state index contributed by atoms with van der Waals surface area (Å²) in [6.07, 6.45) is 11.4. The Bertz CT molecular complexity index is 1650. The van der Waals surface area contributed by atoms with Crippen LogP contribution in [0.25, 0.3) is 17.2 Å². The number of fused-ring (bicyclic) bond motifs is 1. The Morgan fingerprint density at radius 2 is 1.69 bits per heavy atom. The minimum Gasteiger partial charge on any atom is -0.611 e. The maximum Gasteiger partial charge on any atom is 0.251 e. The molecule has 49 heavy (non-hydrogen) atoms. The molecule has 9 heteroatoms. The quantitative estimate of drug-likeness (QED) is 0.0887. The van der Waals surface area contributed by atoms with Crippen LogP contribution in [-0.4, -0.2) is 52.9 Å². The molecule has 0 saturated heterocycles. The van der Waals surface area contributed by atoms with Crippen molar-refractivity contribution < 1.29 is 18.8 Å². The van der Waals surface area contributed by atoms with Gasteiger partial charge < -0.3 is 28.8 Å². The summed E-state index contributed by atoms with van der Waals surface area (Å²) in [6, 6.07) is 22.0. The lowest BCUT2D eigenvalue weighted by molar-refractivity contribution is -0.112. The Morgan fingerprint density at radius 3 is 2.45 bits per heavy atom. The third kappa shape index (κ3) is 10.2. The summed E-state index contributed by atoms with van der Waals surface area (Å²) in [6.45, 7) is 11.1. The summed E-state index contributed by atoms with van der Waals surface area (Å²) in [5.74, 6) is 1.11. The first-order valence-corrected chi connectivity index (χ1v) is 19.0. The molecule has 1 aliphatic rings. The van der Waals surface area contributed by atoms with Crippen molar-refractivity contribution in [3.05, 3.63) is 96.1 Å². The van der Waals surface area contributed by atoms with Gasteiger partial charge in [0.2, 0.25) is 0 Å². The van der Waals surface area contributed by atoms with Crippen LogP contribution in [0.3, 0.4) is 0 Å². The minimum atomic E-state index is -1.21. The molecule has 0 radical (unpaired) electrons. The second-order valence-electron chi connectivity index (χ2n) is 12.4. The first-order valence-electron chi connectivity index (χ1n) is 17.7. The van der Waals surface area contributed by atoms with Crippen molar-refractivity contribution >= 4 is 34.5 Å². The van der Waals surface area contributed by atoms with Crippen LogP contribution in [0.15, 0.2) is 89.7 Å². The lowest BCUT2D eigenvalue weighted by Gasteiger charge is -2.29. The molecule has 2 heterocycles. The number of amides is 1. The van der Waals surface area contributed by atoms with E-state index in [2.05, 4.69) is 76.9 Å². The Kier molecular flexibility index (Phi) is 13.8. The van der Waals surface area contributed by atoms with E-state index in [0.29, 0.717) is 31.1 Å². The molecule has 1 aromatic heterocycles. The van der Waals surface area contributed by atoms with E-state index in [9.17, 15) is 9.35 Å². The molecule has 4 aromatic rings. The predicted molar refractivity (Wildman–Crippen MR) is 201 cm³/mol. The molecule has 1 N–H and O–H groups in total. The summed E-state index contributed by atoms with van der Waals surface area (Å²) in [5, 5.41) is 3.09. The van der Waals surface area contributed by atoms with Gasteiger partial charge in [-0.15, -0.1) is 0 Å². The van der Waals surface area contributed by atoms with Crippen molar-refractivity contribution in [2.75, 3.05) is 43.1 Å². The van der Waals surface area contributed by atoms with Crippen molar-refractivity contribution in [3.63, 3.8) is 0 Å². The first kappa shape index (κ1) is 36.2. The number of rotatable bonds is 17. The van der Waals surface area contributed by atoms with E-state index in [1.54, 1.807) is 12.5 Å². The summed E-state index contributed by atoms with van der Waals surface area (Å²) in [5.41, 5.74) is 6.74. The Morgan fingerprint density at radius 1 is 0.918 bits per heavy atom. The van der Waals surface area contributed by atoms with Gasteiger partial charge in [-0.1, -0.05) is 45.4 Å². The molecule has 0 unspecified atom stereocenters. The number of nitrogens with zero attached hydrogens (tertiary/aromatic N) is 3. The van der Waals surface area contributed by atoms with Gasteiger partial charge in [-0.25, -0.2) is 4.98 Å². The maximum atomic E-state index is 13.6. The fourth-order valence-corrected chi connectivity index (χ4v) is 7.12. The molecule has 0 saturated carbocycles. The molecule has 1 atom stereocenters. The molecule has 1 amide bonds. The molecular weight excluding hydrogens is 633 g/mol. The summed E-state index contributed by atoms with van der Waals surface area (Å²) < 4.78 is 26.6. The van der Waals surface area contributed by atoms with E-state index < -0.39 is 11.2 Å². The third-order valence-corrected chi connectivity index (χ3v) is 9.96. The molecule has 8 nitrogen and oxygen atoms in total. The van der Waals surface area contributed by atoms with E-state index in [4.69, 9.17) is 9.47 Å². The molecular formula is C40H50N4O4S. The Hall–Kier alpha value is -4.05.